The molecule has 2 saturated heterocycles. The molecule has 3 aromatic rings. The second-order valence-corrected chi connectivity index (χ2v) is 15.8. The molecule has 2 aromatic carbocycles. The van der Waals surface area contributed by atoms with Gasteiger partial charge in [0.25, 0.3) is 5.91 Å². The van der Waals surface area contributed by atoms with E-state index in [1.807, 2.05) is 9.80 Å². The van der Waals surface area contributed by atoms with E-state index in [9.17, 15) is 22.8 Å². The van der Waals surface area contributed by atoms with Crippen LogP contribution in [0.5, 0.6) is 0 Å². The van der Waals surface area contributed by atoms with Gasteiger partial charge in [0.1, 0.15) is 17.7 Å². The van der Waals surface area contributed by atoms with Gasteiger partial charge in [-0.1, -0.05) is 29.8 Å². The Labute approximate surface area is 302 Å². The second kappa shape index (κ2) is 15.7. The first kappa shape index (κ1) is 37.4. The molecule has 1 atom stereocenters. The first-order valence-electron chi connectivity index (χ1n) is 17.5. The van der Waals surface area contributed by atoms with E-state index >= 15 is 4.39 Å². The predicted molar refractivity (Wildman–Crippen MR) is 189 cm³/mol. The number of nitrogens with zero attached hydrogens (tertiary/aromatic N) is 3. The van der Waals surface area contributed by atoms with Gasteiger partial charge in [0.15, 0.2) is 5.78 Å². The van der Waals surface area contributed by atoms with Gasteiger partial charge in [-0.25, -0.2) is 12.8 Å². The summed E-state index contributed by atoms with van der Waals surface area (Å²) in [6.07, 6.45) is 5.54. The minimum atomic E-state index is -3.45. The Morgan fingerprint density at radius 1 is 1.00 bits per heavy atom. The Bertz CT molecular complexity index is 1870. The number of halogens is 2. The summed E-state index contributed by atoms with van der Waals surface area (Å²) in [5, 5.41) is 3.30. The normalized spacial score (nSPS) is 22.1. The zero-order chi connectivity index (χ0) is 36.3. The molecule has 1 amide bonds. The van der Waals surface area contributed by atoms with E-state index in [0.717, 1.165) is 25.2 Å². The van der Waals surface area contributed by atoms with Gasteiger partial charge < -0.3 is 19.2 Å². The van der Waals surface area contributed by atoms with Gasteiger partial charge in [0.2, 0.25) is 15.9 Å². The van der Waals surface area contributed by atoms with E-state index in [2.05, 4.69) is 5.32 Å². The fourth-order valence-electron chi connectivity index (χ4n) is 7.47. The molecule has 0 bridgehead atoms. The number of carbonyl (C=O) groups is 3. The van der Waals surface area contributed by atoms with Crippen LogP contribution in [-0.2, 0) is 35.5 Å². The average Bonchev–Trinajstić information content (AvgIpc) is 3.81. The zero-order valence-electron chi connectivity index (χ0n) is 28.9. The summed E-state index contributed by atoms with van der Waals surface area (Å²) in [4.78, 5) is 44.3. The minimum absolute atomic E-state index is 0.0322. The first-order chi connectivity index (χ1) is 24.4. The Balaban J connectivity index is 1.27. The third kappa shape index (κ3) is 8.01. The summed E-state index contributed by atoms with van der Waals surface area (Å²) >= 11 is 6.61. The summed E-state index contributed by atoms with van der Waals surface area (Å²) in [6, 6.07) is 9.49. The number of nitrogens with one attached hydrogen (secondary N) is 1. The van der Waals surface area contributed by atoms with Gasteiger partial charge in [-0.15, -0.1) is 0 Å². The van der Waals surface area contributed by atoms with Crippen LogP contribution in [-0.4, -0.2) is 104 Å². The van der Waals surface area contributed by atoms with Crippen molar-refractivity contribution in [3.63, 3.8) is 0 Å². The maximum atomic E-state index is 15.9. The van der Waals surface area contributed by atoms with Crippen LogP contribution in [0.25, 0.3) is 11.0 Å². The van der Waals surface area contributed by atoms with E-state index in [4.69, 9.17) is 25.5 Å². The standard InChI is InChI=1S/C36H44ClFN4O8S/c1-3-48-35(45)24-10-12-26(13-11-24)50-36(40-14-6-7-15-40,41-16-18-42(19-17-41)51(2,46)47)33(43)21-25-20-29(37)31(22-30(25)38)39-34(44)28-23-49-32-9-5-4-8-27(28)32/h4-5,8-9,20,22-24,26H,3,6-7,10-19,21H2,1-2H3,(H,39,44)/t24-,26-,36?. The van der Waals surface area contributed by atoms with E-state index < -0.39 is 33.4 Å². The highest BCUT2D eigenvalue weighted by molar-refractivity contribution is 7.88. The number of hydrogen-bond donors (Lipinski definition) is 1. The minimum Gasteiger partial charge on any atom is -0.466 e. The smallest absolute Gasteiger partial charge is 0.308 e. The molecule has 1 aliphatic carbocycles. The molecule has 1 aromatic heterocycles. The summed E-state index contributed by atoms with van der Waals surface area (Å²) in [7, 11) is -3.45. The maximum Gasteiger partial charge on any atom is 0.308 e. The van der Waals surface area contributed by atoms with Crippen molar-refractivity contribution in [1.82, 2.24) is 14.1 Å². The molecule has 0 radical (unpaired) electrons. The van der Waals surface area contributed by atoms with Crippen molar-refractivity contribution >= 4 is 55.9 Å². The maximum absolute atomic E-state index is 15.9. The number of fused-ring (bicyclic) bond motifs is 1. The van der Waals surface area contributed by atoms with Crippen LogP contribution >= 0.6 is 11.6 Å². The van der Waals surface area contributed by atoms with Crippen molar-refractivity contribution in [2.45, 2.75) is 63.8 Å². The van der Waals surface area contributed by atoms with Crippen molar-refractivity contribution in [3.8, 4) is 0 Å². The van der Waals surface area contributed by atoms with Crippen LogP contribution in [0.3, 0.4) is 0 Å². The fourth-order valence-corrected chi connectivity index (χ4v) is 8.53. The van der Waals surface area contributed by atoms with Crippen molar-refractivity contribution in [2.75, 3.05) is 57.4 Å². The number of furan rings is 1. The lowest BCUT2D eigenvalue weighted by Crippen LogP contribution is -2.71. The lowest BCUT2D eigenvalue weighted by Gasteiger charge is -2.51. The van der Waals surface area contributed by atoms with Gasteiger partial charge in [-0.3, -0.25) is 24.2 Å². The molecular formula is C36H44ClFN4O8S. The van der Waals surface area contributed by atoms with E-state index in [-0.39, 0.29) is 72.4 Å². The molecule has 12 nitrogen and oxygen atoms in total. The quantitative estimate of drug-likeness (QED) is 0.251. The summed E-state index contributed by atoms with van der Waals surface area (Å²) in [5.41, 5.74) is 0.867. The summed E-state index contributed by atoms with van der Waals surface area (Å²) in [5.74, 6) is -3.75. The highest BCUT2D eigenvalue weighted by atomic mass is 35.5. The number of ether oxygens (including phenoxy) is 2. The number of para-hydroxylation sites is 1. The zero-order valence-corrected chi connectivity index (χ0v) is 30.4. The molecule has 6 rings (SSSR count). The number of anilines is 1. The van der Waals surface area contributed by atoms with Gasteiger partial charge >= 0.3 is 5.97 Å². The average molecular weight is 747 g/mol. The fraction of sp³-hybridized carbons (Fsp3) is 0.528. The van der Waals surface area contributed by atoms with Gasteiger partial charge in [0.05, 0.1) is 41.2 Å². The Kier molecular flexibility index (Phi) is 11.5. The number of rotatable bonds is 12. The van der Waals surface area contributed by atoms with Gasteiger partial charge in [-0.2, -0.15) is 4.31 Å². The first-order valence-corrected chi connectivity index (χ1v) is 19.7. The number of benzene rings is 2. The Hall–Kier alpha value is -3.40. The van der Waals surface area contributed by atoms with Crippen LogP contribution in [0.2, 0.25) is 5.02 Å². The van der Waals surface area contributed by atoms with Crippen LogP contribution in [0.15, 0.2) is 47.1 Å². The van der Waals surface area contributed by atoms with E-state index in [0.29, 0.717) is 56.3 Å². The summed E-state index contributed by atoms with van der Waals surface area (Å²) < 4.78 is 59.7. The highest BCUT2D eigenvalue weighted by Gasteiger charge is 2.53. The molecule has 3 fully saturated rings. The molecule has 15 heteroatoms. The molecule has 3 heterocycles. The Morgan fingerprint density at radius 2 is 1.67 bits per heavy atom. The number of Topliss-reactive ketones (excluding diaryl/α,β-unsaturated/α-hetero) is 1. The van der Waals surface area contributed by atoms with Crippen molar-refractivity contribution in [1.29, 1.82) is 0 Å². The molecule has 0 spiro atoms. The monoisotopic (exact) mass is 746 g/mol. The van der Waals surface area contributed by atoms with Crippen molar-refractivity contribution in [3.05, 3.63) is 64.6 Å². The number of sulfonamides is 1. The number of esters is 1. The van der Waals surface area contributed by atoms with Crippen LogP contribution < -0.4 is 5.32 Å². The largest absolute Gasteiger partial charge is 0.466 e. The number of ketones is 1. The lowest BCUT2D eigenvalue weighted by atomic mass is 9.87. The molecule has 1 saturated carbocycles. The second-order valence-electron chi connectivity index (χ2n) is 13.4. The van der Waals surface area contributed by atoms with E-state index in [1.54, 1.807) is 31.2 Å². The van der Waals surface area contributed by atoms with Crippen molar-refractivity contribution < 1.29 is 41.1 Å². The van der Waals surface area contributed by atoms with Crippen molar-refractivity contribution in [2.24, 2.45) is 5.92 Å². The summed E-state index contributed by atoms with van der Waals surface area (Å²) in [6.45, 7) is 3.99. The molecule has 3 aliphatic rings. The number of piperazine rings is 1. The third-order valence-corrected chi connectivity index (χ3v) is 11.7. The predicted octanol–water partition coefficient (Wildman–Crippen LogP) is 5.05. The van der Waals surface area contributed by atoms with Gasteiger partial charge in [0, 0.05) is 51.1 Å². The number of hydrogen-bond acceptors (Lipinski definition) is 10. The number of likely N-dealkylation sites (tertiary alicyclic amines) is 1. The molecule has 276 valence electrons. The van der Waals surface area contributed by atoms with Crippen LogP contribution in [0.1, 0.15) is 61.4 Å². The molecule has 1 N–H and O–H groups in total. The molecule has 51 heavy (non-hydrogen) atoms. The number of amides is 1. The van der Waals surface area contributed by atoms with Gasteiger partial charge in [-0.05, 0) is 69.2 Å². The lowest BCUT2D eigenvalue weighted by molar-refractivity contribution is -0.259. The number of carbonyl (C=O) groups excluding carboxylic acids is 3. The van der Waals surface area contributed by atoms with Crippen LogP contribution in [0, 0.1) is 11.7 Å². The van der Waals surface area contributed by atoms with Crippen LogP contribution in [0.4, 0.5) is 10.1 Å². The Morgan fingerprint density at radius 3 is 2.33 bits per heavy atom. The topological polar surface area (TPSA) is 139 Å². The van der Waals surface area contributed by atoms with E-state index in [1.165, 1.54) is 16.6 Å². The third-order valence-electron chi connectivity index (χ3n) is 10.1. The highest BCUT2D eigenvalue weighted by Crippen LogP contribution is 2.37. The molecular weight excluding hydrogens is 703 g/mol. The SMILES string of the molecule is CCOC(=O)[C@H]1CC[C@H](OC(C(=O)Cc2cc(Cl)c(NC(=O)c3coc4ccccc34)cc2F)(N2CCCC2)N2CCN(S(C)(=O)=O)CC2)CC1. The molecule has 2 aliphatic heterocycles. The molecule has 1 unspecified atom stereocenters.